The number of aliphatic carboxylic acids is 1. The van der Waals surface area contributed by atoms with Crippen molar-refractivity contribution in [2.45, 2.75) is 78.6 Å². The smallest absolute Gasteiger partial charge is 0.310 e. The summed E-state index contributed by atoms with van der Waals surface area (Å²) >= 11 is 0. The van der Waals surface area contributed by atoms with Gasteiger partial charge in [0.1, 0.15) is 0 Å². The van der Waals surface area contributed by atoms with E-state index in [0.717, 1.165) is 18.5 Å². The van der Waals surface area contributed by atoms with E-state index in [-0.39, 0.29) is 0 Å². The molecule has 0 aliphatic heterocycles. The number of carboxylic acid groups (broad SMARTS) is 1. The summed E-state index contributed by atoms with van der Waals surface area (Å²) in [6.07, 6.45) is 9.09. The number of carboxylic acids is 1. The summed E-state index contributed by atoms with van der Waals surface area (Å²) < 4.78 is 0. The Bertz CT molecular complexity index is 420. The monoisotopic (exact) mass is 335 g/mol. The van der Waals surface area contributed by atoms with Crippen molar-refractivity contribution in [2.75, 3.05) is 6.54 Å². The van der Waals surface area contributed by atoms with E-state index in [9.17, 15) is 4.79 Å². The molecule has 3 heteroatoms. The molecule has 0 aliphatic carbocycles. The summed E-state index contributed by atoms with van der Waals surface area (Å²) in [7, 11) is 0. The van der Waals surface area contributed by atoms with E-state index < -0.39 is 11.9 Å². The summed E-state index contributed by atoms with van der Waals surface area (Å²) in [5.41, 5.74) is 7.48. The molecule has 0 radical (unpaired) electrons. The van der Waals surface area contributed by atoms with Gasteiger partial charge in [0.05, 0.1) is 5.92 Å². The van der Waals surface area contributed by atoms with Crippen molar-refractivity contribution in [1.29, 1.82) is 0 Å². The maximum atomic E-state index is 10.8. The van der Waals surface area contributed by atoms with Crippen LogP contribution in [0.3, 0.4) is 0 Å². The van der Waals surface area contributed by atoms with Crippen LogP contribution in [-0.2, 0) is 11.2 Å². The number of hydrogen-bond acceptors (Lipinski definition) is 2. The lowest BCUT2D eigenvalue weighted by atomic mass is 9.97. The summed E-state index contributed by atoms with van der Waals surface area (Å²) in [5, 5.41) is 8.85. The fourth-order valence-electron chi connectivity index (χ4n) is 2.48. The van der Waals surface area contributed by atoms with Gasteiger partial charge in [0.2, 0.25) is 0 Å². The molecule has 1 aromatic carbocycles. The Kier molecular flexibility index (Phi) is 13.2. The first-order valence-electron chi connectivity index (χ1n) is 9.44. The first kappa shape index (κ1) is 22.6. The number of benzene rings is 1. The van der Waals surface area contributed by atoms with E-state index in [4.69, 9.17) is 10.8 Å². The third kappa shape index (κ3) is 11.2. The molecular formula is C21H37NO2. The quantitative estimate of drug-likeness (QED) is 0.564. The van der Waals surface area contributed by atoms with Gasteiger partial charge >= 0.3 is 5.97 Å². The van der Waals surface area contributed by atoms with Crippen molar-refractivity contribution in [3.8, 4) is 0 Å². The highest BCUT2D eigenvalue weighted by molar-refractivity contribution is 5.75. The molecule has 1 atom stereocenters. The van der Waals surface area contributed by atoms with Crippen LogP contribution >= 0.6 is 0 Å². The van der Waals surface area contributed by atoms with Crippen LogP contribution in [0.25, 0.3) is 0 Å². The van der Waals surface area contributed by atoms with E-state index in [1.54, 1.807) is 6.92 Å². The van der Waals surface area contributed by atoms with Crippen LogP contribution in [0.4, 0.5) is 0 Å². The Hall–Kier alpha value is -1.35. The van der Waals surface area contributed by atoms with Crippen molar-refractivity contribution in [2.24, 2.45) is 11.7 Å². The molecule has 0 saturated heterocycles. The number of nitrogens with two attached hydrogens (primary N) is 1. The zero-order valence-corrected chi connectivity index (χ0v) is 16.1. The molecule has 1 rings (SSSR count). The SMILES string of the molecule is CC(C)Cc1ccc(C(C)C(=O)O)cc1.CCCCCCCCN. The number of hydrogen-bond donors (Lipinski definition) is 2. The van der Waals surface area contributed by atoms with Gasteiger partial charge in [0.15, 0.2) is 0 Å². The molecule has 0 aliphatic rings. The van der Waals surface area contributed by atoms with Crippen molar-refractivity contribution in [1.82, 2.24) is 0 Å². The highest BCUT2D eigenvalue weighted by atomic mass is 16.4. The molecule has 0 bridgehead atoms. The zero-order valence-electron chi connectivity index (χ0n) is 16.1. The Balaban J connectivity index is 0.000000506. The molecule has 0 saturated carbocycles. The predicted octanol–water partition coefficient (Wildman–Crippen LogP) is 5.38. The van der Waals surface area contributed by atoms with E-state index in [0.29, 0.717) is 5.92 Å². The van der Waals surface area contributed by atoms with Gasteiger partial charge in [0.25, 0.3) is 0 Å². The van der Waals surface area contributed by atoms with Crippen LogP contribution < -0.4 is 5.73 Å². The van der Waals surface area contributed by atoms with Crippen LogP contribution in [0.15, 0.2) is 24.3 Å². The van der Waals surface area contributed by atoms with Crippen LogP contribution in [-0.4, -0.2) is 17.6 Å². The van der Waals surface area contributed by atoms with Crippen molar-refractivity contribution < 1.29 is 9.90 Å². The van der Waals surface area contributed by atoms with Gasteiger partial charge in [-0.25, -0.2) is 0 Å². The number of rotatable bonds is 10. The fraction of sp³-hybridized carbons (Fsp3) is 0.667. The lowest BCUT2D eigenvalue weighted by molar-refractivity contribution is -0.138. The zero-order chi connectivity index (χ0) is 18.4. The van der Waals surface area contributed by atoms with Gasteiger partial charge in [-0.15, -0.1) is 0 Å². The summed E-state index contributed by atoms with van der Waals surface area (Å²) in [6.45, 7) is 9.16. The summed E-state index contributed by atoms with van der Waals surface area (Å²) in [4.78, 5) is 10.8. The second-order valence-corrected chi connectivity index (χ2v) is 6.96. The number of unbranched alkanes of at least 4 members (excludes halogenated alkanes) is 5. The second-order valence-electron chi connectivity index (χ2n) is 6.96. The summed E-state index contributed by atoms with van der Waals surface area (Å²) in [6, 6.07) is 7.87. The Morgan fingerprint density at radius 3 is 2.00 bits per heavy atom. The molecule has 0 amide bonds. The van der Waals surface area contributed by atoms with Crippen molar-refractivity contribution >= 4 is 5.97 Å². The lowest BCUT2D eigenvalue weighted by Crippen LogP contribution is -2.07. The average Bonchev–Trinajstić information content (AvgIpc) is 2.55. The van der Waals surface area contributed by atoms with E-state index in [1.165, 1.54) is 44.1 Å². The Labute approximate surface area is 148 Å². The van der Waals surface area contributed by atoms with Crippen LogP contribution in [0.2, 0.25) is 0 Å². The highest BCUT2D eigenvalue weighted by Gasteiger charge is 2.12. The minimum atomic E-state index is -0.772. The van der Waals surface area contributed by atoms with Gasteiger partial charge in [-0.1, -0.05) is 77.1 Å². The van der Waals surface area contributed by atoms with Crippen LogP contribution in [0, 0.1) is 5.92 Å². The second kappa shape index (κ2) is 14.0. The molecule has 3 N–H and O–H groups in total. The largest absolute Gasteiger partial charge is 0.481 e. The number of carbonyl (C=O) groups is 1. The van der Waals surface area contributed by atoms with Gasteiger partial charge in [-0.2, -0.15) is 0 Å². The van der Waals surface area contributed by atoms with Crippen LogP contribution in [0.5, 0.6) is 0 Å². The third-order valence-corrected chi connectivity index (χ3v) is 4.05. The molecule has 1 unspecified atom stereocenters. The minimum Gasteiger partial charge on any atom is -0.481 e. The highest BCUT2D eigenvalue weighted by Crippen LogP contribution is 2.17. The van der Waals surface area contributed by atoms with E-state index in [2.05, 4.69) is 20.8 Å². The Morgan fingerprint density at radius 2 is 1.54 bits per heavy atom. The molecule has 0 spiro atoms. The fourth-order valence-corrected chi connectivity index (χ4v) is 2.48. The Morgan fingerprint density at radius 1 is 1.00 bits per heavy atom. The lowest BCUT2D eigenvalue weighted by Gasteiger charge is -2.09. The molecule has 24 heavy (non-hydrogen) atoms. The van der Waals surface area contributed by atoms with Crippen molar-refractivity contribution in [3.05, 3.63) is 35.4 Å². The van der Waals surface area contributed by atoms with Gasteiger partial charge in [-0.05, 0) is 43.4 Å². The van der Waals surface area contributed by atoms with Crippen LogP contribution in [0.1, 0.15) is 83.3 Å². The van der Waals surface area contributed by atoms with Gasteiger partial charge in [-0.3, -0.25) is 4.79 Å². The molecular weight excluding hydrogens is 298 g/mol. The normalized spacial score (nSPS) is 11.8. The van der Waals surface area contributed by atoms with Crippen molar-refractivity contribution in [3.63, 3.8) is 0 Å². The maximum absolute atomic E-state index is 10.8. The third-order valence-electron chi connectivity index (χ3n) is 4.05. The first-order valence-corrected chi connectivity index (χ1v) is 9.44. The molecule has 0 fully saturated rings. The topological polar surface area (TPSA) is 63.3 Å². The van der Waals surface area contributed by atoms with E-state index in [1.807, 2.05) is 24.3 Å². The molecule has 0 heterocycles. The predicted molar refractivity (Wildman–Crippen MR) is 103 cm³/mol. The molecule has 138 valence electrons. The van der Waals surface area contributed by atoms with E-state index >= 15 is 0 Å². The molecule has 1 aromatic rings. The molecule has 3 nitrogen and oxygen atoms in total. The first-order chi connectivity index (χ1) is 11.4. The summed E-state index contributed by atoms with van der Waals surface area (Å²) in [5.74, 6) is -0.558. The maximum Gasteiger partial charge on any atom is 0.310 e. The molecule has 0 aromatic heterocycles. The minimum absolute atomic E-state index is 0.418. The van der Waals surface area contributed by atoms with Gasteiger partial charge in [0, 0.05) is 0 Å². The average molecular weight is 336 g/mol. The standard InChI is InChI=1S/C13H18O2.C8H19N/c1-9(2)8-11-4-6-12(7-5-11)10(3)13(14)15;1-2-3-4-5-6-7-8-9/h4-7,9-10H,8H2,1-3H3,(H,14,15);2-9H2,1H3. The van der Waals surface area contributed by atoms with Gasteiger partial charge < -0.3 is 10.8 Å².